The van der Waals surface area contributed by atoms with Gasteiger partial charge in [0.25, 0.3) is 5.91 Å². The van der Waals surface area contributed by atoms with Gasteiger partial charge in [-0.1, -0.05) is 35.0 Å². The highest BCUT2D eigenvalue weighted by Gasteiger charge is 2.24. The molecule has 1 N–H and O–H groups in total. The number of nitrogens with one attached hydrogen (secondary N) is 1. The average molecular weight is 494 g/mol. The minimum atomic E-state index is -0.113. The largest absolute Gasteiger partial charge is 0.318 e. The van der Waals surface area contributed by atoms with Crippen molar-refractivity contribution in [2.45, 2.75) is 34.1 Å². The molecule has 1 aliphatic rings. The molecule has 2 heterocycles. The average Bonchev–Trinajstić information content (AvgIpc) is 3.23. The van der Waals surface area contributed by atoms with Crippen LogP contribution in [-0.4, -0.2) is 15.6 Å². The molecule has 1 amide bonds. The number of aryl methyl sites for hydroxylation is 3. The SMILES string of the molecule is CCc1ccc(N=C2NC(=O)/C(=C/c3cc(C)n(-c4ccc(Br)c(C)c4)c3C)S2)cc1. The fourth-order valence-electron chi connectivity index (χ4n) is 3.64. The number of benzene rings is 2. The highest BCUT2D eigenvalue weighted by Crippen LogP contribution is 2.31. The monoisotopic (exact) mass is 493 g/mol. The second-order valence-electron chi connectivity index (χ2n) is 7.60. The fraction of sp³-hybridized carbons (Fsp3) is 0.200. The number of aromatic nitrogens is 1. The summed E-state index contributed by atoms with van der Waals surface area (Å²) in [6.07, 6.45) is 2.95. The summed E-state index contributed by atoms with van der Waals surface area (Å²) in [7, 11) is 0. The predicted octanol–water partition coefficient (Wildman–Crippen LogP) is 6.62. The van der Waals surface area contributed by atoms with Crippen molar-refractivity contribution in [3.05, 3.63) is 86.0 Å². The lowest BCUT2D eigenvalue weighted by Gasteiger charge is -2.11. The van der Waals surface area contributed by atoms with Gasteiger partial charge in [-0.25, -0.2) is 4.99 Å². The Morgan fingerprint density at radius 3 is 2.52 bits per heavy atom. The van der Waals surface area contributed by atoms with Gasteiger partial charge in [-0.3, -0.25) is 4.79 Å². The van der Waals surface area contributed by atoms with Crippen molar-refractivity contribution in [2.24, 2.45) is 4.99 Å². The lowest BCUT2D eigenvalue weighted by molar-refractivity contribution is -0.115. The van der Waals surface area contributed by atoms with Crippen LogP contribution in [0.4, 0.5) is 5.69 Å². The van der Waals surface area contributed by atoms with Crippen molar-refractivity contribution in [1.29, 1.82) is 0 Å². The Morgan fingerprint density at radius 2 is 1.84 bits per heavy atom. The van der Waals surface area contributed by atoms with Crippen LogP contribution in [0.5, 0.6) is 0 Å². The van der Waals surface area contributed by atoms with Crippen molar-refractivity contribution in [3.63, 3.8) is 0 Å². The zero-order valence-corrected chi connectivity index (χ0v) is 20.4. The lowest BCUT2D eigenvalue weighted by Crippen LogP contribution is -2.19. The summed E-state index contributed by atoms with van der Waals surface area (Å²) in [5.74, 6) is -0.113. The first-order chi connectivity index (χ1) is 14.9. The number of rotatable bonds is 4. The summed E-state index contributed by atoms with van der Waals surface area (Å²) in [4.78, 5) is 17.8. The summed E-state index contributed by atoms with van der Waals surface area (Å²) < 4.78 is 3.31. The first-order valence-corrected chi connectivity index (χ1v) is 11.8. The second-order valence-corrected chi connectivity index (χ2v) is 9.48. The number of nitrogens with zero attached hydrogens (tertiary/aromatic N) is 2. The molecule has 0 saturated carbocycles. The van der Waals surface area contributed by atoms with Gasteiger partial charge >= 0.3 is 0 Å². The van der Waals surface area contributed by atoms with Gasteiger partial charge in [0.15, 0.2) is 5.17 Å². The topological polar surface area (TPSA) is 46.4 Å². The van der Waals surface area contributed by atoms with Gasteiger partial charge in [0.05, 0.1) is 10.6 Å². The molecular formula is C25H24BrN3OS. The van der Waals surface area contributed by atoms with Crippen molar-refractivity contribution < 1.29 is 4.79 Å². The highest BCUT2D eigenvalue weighted by atomic mass is 79.9. The van der Waals surface area contributed by atoms with Crippen LogP contribution in [-0.2, 0) is 11.2 Å². The number of amides is 1. The molecule has 0 atom stereocenters. The van der Waals surface area contributed by atoms with Crippen LogP contribution < -0.4 is 5.32 Å². The minimum absolute atomic E-state index is 0.113. The predicted molar refractivity (Wildman–Crippen MR) is 134 cm³/mol. The second kappa shape index (κ2) is 8.89. The van der Waals surface area contributed by atoms with Gasteiger partial charge in [0, 0.05) is 21.5 Å². The van der Waals surface area contributed by atoms with Crippen molar-refractivity contribution in [2.75, 3.05) is 0 Å². The van der Waals surface area contributed by atoms with E-state index in [1.54, 1.807) is 0 Å². The van der Waals surface area contributed by atoms with E-state index in [4.69, 9.17) is 0 Å². The molecular weight excluding hydrogens is 470 g/mol. The summed E-state index contributed by atoms with van der Waals surface area (Å²) in [5, 5.41) is 3.49. The zero-order chi connectivity index (χ0) is 22.1. The van der Waals surface area contributed by atoms with E-state index in [1.807, 2.05) is 18.2 Å². The molecule has 1 fully saturated rings. The van der Waals surface area contributed by atoms with Crippen molar-refractivity contribution in [1.82, 2.24) is 9.88 Å². The molecule has 6 heteroatoms. The maximum Gasteiger partial charge on any atom is 0.264 e. The van der Waals surface area contributed by atoms with Gasteiger partial charge < -0.3 is 9.88 Å². The van der Waals surface area contributed by atoms with E-state index < -0.39 is 0 Å². The molecule has 0 radical (unpaired) electrons. The molecule has 1 aromatic heterocycles. The molecule has 4 rings (SSSR count). The lowest BCUT2D eigenvalue weighted by atomic mass is 10.2. The molecule has 3 aromatic rings. The Labute approximate surface area is 195 Å². The van der Waals surface area contributed by atoms with Crippen LogP contribution in [0.25, 0.3) is 11.8 Å². The van der Waals surface area contributed by atoms with Crippen LogP contribution in [0.2, 0.25) is 0 Å². The Balaban J connectivity index is 1.62. The van der Waals surface area contributed by atoms with E-state index in [1.165, 1.54) is 22.9 Å². The minimum Gasteiger partial charge on any atom is -0.318 e. The Kier molecular flexibility index (Phi) is 6.21. The molecule has 2 aromatic carbocycles. The van der Waals surface area contributed by atoms with Gasteiger partial charge in [0.1, 0.15) is 0 Å². The smallest absolute Gasteiger partial charge is 0.264 e. The van der Waals surface area contributed by atoms with Crippen LogP contribution in [0.1, 0.15) is 35.0 Å². The van der Waals surface area contributed by atoms with E-state index in [0.717, 1.165) is 39.2 Å². The number of carbonyl (C=O) groups excluding carboxylic acids is 1. The third-order valence-corrected chi connectivity index (χ3v) is 7.18. The Morgan fingerprint density at radius 1 is 1.10 bits per heavy atom. The number of amidine groups is 1. The van der Waals surface area contributed by atoms with Crippen molar-refractivity contribution in [3.8, 4) is 5.69 Å². The molecule has 0 aliphatic carbocycles. The third-order valence-electron chi connectivity index (χ3n) is 5.38. The molecule has 4 nitrogen and oxygen atoms in total. The van der Waals surface area contributed by atoms with Crippen molar-refractivity contribution >= 4 is 50.5 Å². The highest BCUT2D eigenvalue weighted by molar-refractivity contribution is 9.10. The van der Waals surface area contributed by atoms with Gasteiger partial charge in [0.2, 0.25) is 0 Å². The first kappa shape index (κ1) is 21.7. The number of thioether (sulfide) groups is 1. The molecule has 1 saturated heterocycles. The van der Waals surface area contributed by atoms with E-state index >= 15 is 0 Å². The van der Waals surface area contributed by atoms with Crippen LogP contribution >= 0.6 is 27.7 Å². The van der Waals surface area contributed by atoms with E-state index in [0.29, 0.717) is 10.1 Å². The quantitative estimate of drug-likeness (QED) is 0.415. The zero-order valence-electron chi connectivity index (χ0n) is 18.0. The number of halogens is 1. The summed E-state index contributed by atoms with van der Waals surface area (Å²) in [6, 6.07) is 16.5. The summed E-state index contributed by atoms with van der Waals surface area (Å²) in [5.41, 5.74) is 7.66. The number of carbonyl (C=O) groups is 1. The Hall–Kier alpha value is -2.57. The summed E-state index contributed by atoms with van der Waals surface area (Å²) >= 11 is 4.95. The normalized spacial score (nSPS) is 16.4. The van der Waals surface area contributed by atoms with Crippen LogP contribution in [0.3, 0.4) is 0 Å². The number of hydrogen-bond acceptors (Lipinski definition) is 3. The van der Waals surface area contributed by atoms with E-state index in [2.05, 4.69) is 94.9 Å². The molecule has 0 unspecified atom stereocenters. The van der Waals surface area contributed by atoms with Crippen LogP contribution in [0.15, 0.2) is 62.9 Å². The standard InChI is InChI=1S/C25H24BrN3OS/c1-5-18-6-8-20(9-7-18)27-25-28-24(30)23(31-25)14-19-13-16(3)29(17(19)4)21-10-11-22(26)15(2)12-21/h6-14H,5H2,1-4H3,(H,27,28,30)/b23-14-. The maximum atomic E-state index is 12.5. The van der Waals surface area contributed by atoms with Gasteiger partial charge in [-0.2, -0.15) is 0 Å². The van der Waals surface area contributed by atoms with Gasteiger partial charge in [-0.15, -0.1) is 0 Å². The Bertz CT molecular complexity index is 1220. The molecule has 1 aliphatic heterocycles. The third kappa shape index (κ3) is 4.55. The summed E-state index contributed by atoms with van der Waals surface area (Å²) in [6.45, 7) is 8.38. The van der Waals surface area contributed by atoms with E-state index in [9.17, 15) is 4.79 Å². The first-order valence-electron chi connectivity index (χ1n) is 10.2. The fourth-order valence-corrected chi connectivity index (χ4v) is 4.72. The molecule has 0 bridgehead atoms. The molecule has 31 heavy (non-hydrogen) atoms. The maximum absolute atomic E-state index is 12.5. The number of aliphatic imine (C=N–C) groups is 1. The van der Waals surface area contributed by atoms with Gasteiger partial charge in [-0.05, 0) is 98.1 Å². The van der Waals surface area contributed by atoms with Crippen LogP contribution in [0, 0.1) is 20.8 Å². The number of hydrogen-bond donors (Lipinski definition) is 1. The molecule has 0 spiro atoms. The molecule has 158 valence electrons. The van der Waals surface area contributed by atoms with E-state index in [-0.39, 0.29) is 5.91 Å².